The Labute approximate surface area is 240 Å². The lowest BCUT2D eigenvalue weighted by Gasteiger charge is -2.35. The molecule has 11 heteroatoms. The number of nitrogens with zero attached hydrogens (tertiary/aromatic N) is 2. The molecule has 0 N–H and O–H groups in total. The molecule has 0 aliphatic carbocycles. The monoisotopic (exact) mass is 570 g/mol. The normalized spacial score (nSPS) is 17.6. The molecule has 5 unspecified atom stereocenters. The molecule has 0 aromatic heterocycles. The number of hydrogen-bond acceptors (Lipinski definition) is 10. The van der Waals surface area contributed by atoms with Crippen molar-refractivity contribution in [3.63, 3.8) is 0 Å². The summed E-state index contributed by atoms with van der Waals surface area (Å²) in [6.07, 6.45) is -0.903. The number of carbonyl (C=O) groups is 1. The number of carbonyl (C=O) groups excluding carboxylic acids is 1. The van der Waals surface area contributed by atoms with Crippen molar-refractivity contribution >= 4 is 5.97 Å². The van der Waals surface area contributed by atoms with Crippen molar-refractivity contribution in [2.24, 2.45) is 5.92 Å². The third-order valence-electron chi connectivity index (χ3n) is 7.75. The van der Waals surface area contributed by atoms with Crippen LogP contribution in [-0.4, -0.2) is 57.1 Å². The molecule has 41 heavy (non-hydrogen) atoms. The highest BCUT2D eigenvalue weighted by atomic mass is 16.6. The zero-order chi connectivity index (χ0) is 30.2. The van der Waals surface area contributed by atoms with Crippen LogP contribution < -0.4 is 23.7 Å². The molecule has 3 rings (SSSR count). The lowest BCUT2D eigenvalue weighted by Crippen LogP contribution is -2.44. The second kappa shape index (κ2) is 13.9. The molecular formula is C30H38N2O9. The number of fused-ring (bicyclic) bond motifs is 1. The van der Waals surface area contributed by atoms with Gasteiger partial charge in [0.25, 0.3) is 6.04 Å². The number of rotatable bonds is 14. The van der Waals surface area contributed by atoms with E-state index in [0.717, 1.165) is 0 Å². The molecule has 0 saturated heterocycles. The Kier molecular flexibility index (Phi) is 10.6. The van der Waals surface area contributed by atoms with E-state index in [-0.39, 0.29) is 31.8 Å². The first-order chi connectivity index (χ1) is 19.6. The Balaban J connectivity index is 1.96. The Hall–Kier alpha value is -4.20. The Morgan fingerprint density at radius 2 is 1.80 bits per heavy atom. The second-order valence-corrected chi connectivity index (χ2v) is 10.1. The highest BCUT2D eigenvalue weighted by molar-refractivity contribution is 5.66. The van der Waals surface area contributed by atoms with E-state index in [0.29, 0.717) is 40.7 Å². The summed E-state index contributed by atoms with van der Waals surface area (Å²) in [5.41, 5.74) is -0.492. The molecule has 0 fully saturated rings. The number of para-hydroxylation sites is 2. The summed E-state index contributed by atoms with van der Waals surface area (Å²) in [6, 6.07) is 11.8. The van der Waals surface area contributed by atoms with Crippen molar-refractivity contribution in [3.8, 4) is 34.8 Å². The average Bonchev–Trinajstić information content (AvgIpc) is 2.98. The third-order valence-corrected chi connectivity index (χ3v) is 7.75. The molecular weight excluding hydrogens is 532 g/mol. The fraction of sp³-hybridized carbons (Fsp3) is 0.533. The van der Waals surface area contributed by atoms with E-state index in [2.05, 4.69) is 6.07 Å². The van der Waals surface area contributed by atoms with Gasteiger partial charge in [-0.3, -0.25) is 14.9 Å². The van der Waals surface area contributed by atoms with Crippen molar-refractivity contribution in [2.45, 2.75) is 70.1 Å². The SMILES string of the molecule is CCC(C)C(C#N)(CCC(OC(C)=O)C(CC1COc2ccccc2O1)[N+](=O)[O-])c1cc(OC)c(OC)c(OC)c1. The van der Waals surface area contributed by atoms with E-state index in [4.69, 9.17) is 28.4 Å². The fourth-order valence-corrected chi connectivity index (χ4v) is 5.33. The standard InChI is InChI=1S/C30H38N2O9/c1-7-19(2)30(18-31,21-14-27(36-4)29(38-6)28(15-21)37-5)13-12-24(40-20(3)33)23(32(34)35)16-22-17-39-25-10-8-9-11-26(25)41-22/h8-11,14-15,19,22-24H,7,12-13,16-17H2,1-6H3. The molecule has 0 bridgehead atoms. The largest absolute Gasteiger partial charge is 0.493 e. The van der Waals surface area contributed by atoms with Gasteiger partial charge in [-0.25, -0.2) is 0 Å². The van der Waals surface area contributed by atoms with Gasteiger partial charge in [-0.1, -0.05) is 32.4 Å². The number of methoxy groups -OCH3 is 3. The van der Waals surface area contributed by atoms with E-state index < -0.39 is 34.6 Å². The maximum atomic E-state index is 12.3. The zero-order valence-electron chi connectivity index (χ0n) is 24.4. The molecule has 1 heterocycles. The number of benzene rings is 2. The summed E-state index contributed by atoms with van der Waals surface area (Å²) < 4.78 is 33.8. The van der Waals surface area contributed by atoms with Crippen LogP contribution in [-0.2, 0) is 14.9 Å². The van der Waals surface area contributed by atoms with E-state index in [1.807, 2.05) is 19.9 Å². The van der Waals surface area contributed by atoms with Gasteiger partial charge in [0.2, 0.25) is 5.75 Å². The van der Waals surface area contributed by atoms with E-state index >= 15 is 0 Å². The number of nitro groups is 1. The van der Waals surface area contributed by atoms with Crippen LogP contribution in [0, 0.1) is 27.4 Å². The number of nitriles is 1. The number of esters is 1. The van der Waals surface area contributed by atoms with Crippen molar-refractivity contribution < 1.29 is 38.1 Å². The molecule has 0 saturated carbocycles. The van der Waals surface area contributed by atoms with Crippen molar-refractivity contribution in [3.05, 3.63) is 52.1 Å². The van der Waals surface area contributed by atoms with Crippen molar-refractivity contribution in [2.75, 3.05) is 27.9 Å². The fourth-order valence-electron chi connectivity index (χ4n) is 5.33. The smallest absolute Gasteiger partial charge is 0.303 e. The van der Waals surface area contributed by atoms with Crippen LogP contribution in [0.3, 0.4) is 0 Å². The molecule has 1 aliphatic rings. The highest BCUT2D eigenvalue weighted by Crippen LogP contribution is 2.46. The summed E-state index contributed by atoms with van der Waals surface area (Å²) in [7, 11) is 4.48. The maximum absolute atomic E-state index is 12.3. The Bertz CT molecular complexity index is 1240. The van der Waals surface area contributed by atoms with Crippen LogP contribution in [0.4, 0.5) is 0 Å². The Morgan fingerprint density at radius 1 is 1.17 bits per heavy atom. The molecule has 2 aromatic rings. The van der Waals surface area contributed by atoms with Gasteiger partial charge in [0.15, 0.2) is 29.1 Å². The zero-order valence-corrected chi connectivity index (χ0v) is 24.4. The predicted octanol–water partition coefficient (Wildman–Crippen LogP) is 5.11. The summed E-state index contributed by atoms with van der Waals surface area (Å²) in [6.45, 7) is 5.25. The highest BCUT2D eigenvalue weighted by Gasteiger charge is 2.44. The lowest BCUT2D eigenvalue weighted by atomic mass is 9.67. The van der Waals surface area contributed by atoms with Gasteiger partial charge in [0, 0.05) is 11.8 Å². The van der Waals surface area contributed by atoms with Gasteiger partial charge in [0.05, 0.1) is 39.2 Å². The minimum atomic E-state index is -1.29. The van der Waals surface area contributed by atoms with E-state index in [1.54, 1.807) is 30.3 Å². The summed E-state index contributed by atoms with van der Waals surface area (Å²) in [5, 5.41) is 23.0. The molecule has 0 spiro atoms. The predicted molar refractivity (Wildman–Crippen MR) is 149 cm³/mol. The molecule has 0 amide bonds. The molecule has 0 radical (unpaired) electrons. The summed E-state index contributed by atoms with van der Waals surface area (Å²) >= 11 is 0. The van der Waals surface area contributed by atoms with Gasteiger partial charge < -0.3 is 28.4 Å². The van der Waals surface area contributed by atoms with Gasteiger partial charge in [-0.15, -0.1) is 0 Å². The van der Waals surface area contributed by atoms with Crippen LogP contribution in [0.25, 0.3) is 0 Å². The van der Waals surface area contributed by atoms with Crippen LogP contribution in [0.15, 0.2) is 36.4 Å². The second-order valence-electron chi connectivity index (χ2n) is 10.1. The van der Waals surface area contributed by atoms with Crippen molar-refractivity contribution in [1.82, 2.24) is 0 Å². The maximum Gasteiger partial charge on any atom is 0.303 e. The average molecular weight is 571 g/mol. The lowest BCUT2D eigenvalue weighted by molar-refractivity contribution is -0.536. The van der Waals surface area contributed by atoms with E-state index in [1.165, 1.54) is 28.3 Å². The van der Waals surface area contributed by atoms with Crippen LogP contribution in [0.2, 0.25) is 0 Å². The number of ether oxygens (including phenoxy) is 6. The summed E-state index contributed by atoms with van der Waals surface area (Å²) in [4.78, 5) is 24.0. The Morgan fingerprint density at radius 3 is 2.32 bits per heavy atom. The molecule has 222 valence electrons. The van der Waals surface area contributed by atoms with Crippen LogP contribution in [0.1, 0.15) is 52.0 Å². The van der Waals surface area contributed by atoms with Crippen molar-refractivity contribution in [1.29, 1.82) is 5.26 Å². The van der Waals surface area contributed by atoms with Gasteiger partial charge >= 0.3 is 5.97 Å². The molecule has 11 nitrogen and oxygen atoms in total. The quantitative estimate of drug-likeness (QED) is 0.171. The third kappa shape index (κ3) is 6.93. The van der Waals surface area contributed by atoms with Gasteiger partial charge in [-0.05, 0) is 48.6 Å². The molecule has 5 atom stereocenters. The van der Waals surface area contributed by atoms with E-state index in [9.17, 15) is 20.2 Å². The minimum absolute atomic E-state index is 0.0493. The first-order valence-electron chi connectivity index (χ1n) is 13.5. The first kappa shape index (κ1) is 31.3. The van der Waals surface area contributed by atoms with Gasteiger partial charge in [0.1, 0.15) is 12.7 Å². The molecule has 2 aromatic carbocycles. The molecule has 1 aliphatic heterocycles. The van der Waals surface area contributed by atoms with Crippen LogP contribution in [0.5, 0.6) is 28.7 Å². The first-order valence-corrected chi connectivity index (χ1v) is 13.5. The summed E-state index contributed by atoms with van der Waals surface area (Å²) in [5.74, 6) is 1.41. The topological polar surface area (TPSA) is 139 Å². The number of hydrogen-bond donors (Lipinski definition) is 0. The van der Waals surface area contributed by atoms with Gasteiger partial charge in [-0.2, -0.15) is 5.26 Å². The van der Waals surface area contributed by atoms with Crippen LogP contribution >= 0.6 is 0 Å². The minimum Gasteiger partial charge on any atom is -0.493 e.